The number of thiocarbonyl (C=S) groups is 1. The maximum atomic E-state index is 13.0. The molecule has 0 radical (unpaired) electrons. The summed E-state index contributed by atoms with van der Waals surface area (Å²) < 4.78 is 0. The Kier molecular flexibility index (Phi) is 5.29. The number of carbonyl (C=O) groups is 1. The Hall–Kier alpha value is -2.04. The molecule has 0 saturated heterocycles. The molecule has 2 rings (SSSR count). The van der Waals surface area contributed by atoms with E-state index < -0.39 is 0 Å². The van der Waals surface area contributed by atoms with Gasteiger partial charge in [-0.25, -0.2) is 10.4 Å². The van der Waals surface area contributed by atoms with Gasteiger partial charge in [0, 0.05) is 16.7 Å². The number of nitrogens with zero attached hydrogens (tertiary/aromatic N) is 1. The van der Waals surface area contributed by atoms with Gasteiger partial charge in [-0.3, -0.25) is 4.79 Å². The van der Waals surface area contributed by atoms with Gasteiger partial charge in [0.1, 0.15) is 4.99 Å². The minimum absolute atomic E-state index is 0.155. The van der Waals surface area contributed by atoms with Crippen molar-refractivity contribution in [2.24, 2.45) is 0 Å². The second-order valence-electron chi connectivity index (χ2n) is 6.54. The fraction of sp³-hybridized carbons (Fsp3) is 0.263. The van der Waals surface area contributed by atoms with E-state index in [0.717, 1.165) is 11.1 Å². The number of rotatable bonds is 3. The third-order valence-electron chi connectivity index (χ3n) is 3.14. The van der Waals surface area contributed by atoms with Gasteiger partial charge in [-0.15, -0.1) is 0 Å². The Bertz CT molecular complexity index is 705. The second kappa shape index (κ2) is 7.02. The molecule has 2 aromatic carbocycles. The van der Waals surface area contributed by atoms with E-state index in [9.17, 15) is 4.79 Å². The molecule has 2 aromatic rings. The Morgan fingerprint density at radius 3 is 2.17 bits per heavy atom. The fourth-order valence-corrected chi connectivity index (χ4v) is 2.41. The van der Waals surface area contributed by atoms with Gasteiger partial charge in [-0.2, -0.15) is 0 Å². The summed E-state index contributed by atoms with van der Waals surface area (Å²) >= 11 is 5.56. The highest BCUT2D eigenvalue weighted by atomic mass is 32.1. The van der Waals surface area contributed by atoms with Crippen LogP contribution in [0.5, 0.6) is 0 Å². The van der Waals surface area contributed by atoms with Crippen molar-refractivity contribution in [2.45, 2.75) is 33.2 Å². The lowest BCUT2D eigenvalue weighted by atomic mass is 10.1. The van der Waals surface area contributed by atoms with Crippen LogP contribution in [-0.2, 0) is 0 Å². The number of hydrogen-bond acceptors (Lipinski definition) is 3. The normalized spacial score (nSPS) is 11.1. The minimum atomic E-state index is -0.293. The summed E-state index contributed by atoms with van der Waals surface area (Å²) in [5, 5.41) is 1.47. The predicted octanol–water partition coefficient (Wildman–Crippen LogP) is 4.12. The van der Waals surface area contributed by atoms with Gasteiger partial charge in [-0.05, 0) is 39.8 Å². The summed E-state index contributed by atoms with van der Waals surface area (Å²) in [6.45, 7) is 7.96. The van der Waals surface area contributed by atoms with E-state index in [0.29, 0.717) is 10.6 Å². The number of hydrogen-bond donors (Lipinski definition) is 1. The van der Waals surface area contributed by atoms with Crippen molar-refractivity contribution in [3.8, 4) is 0 Å². The standard InChI is InChI=1S/C19H22N2OS/c1-14-9-8-12-16(13-14)17(22)21(20-19(2,3)4)18(23)15-10-6-5-7-11-15/h5-13,20H,1-4H3. The molecule has 0 atom stereocenters. The highest BCUT2D eigenvalue weighted by Gasteiger charge is 2.25. The number of hydrazine groups is 1. The van der Waals surface area contributed by atoms with Crippen LogP contribution in [0.15, 0.2) is 54.6 Å². The van der Waals surface area contributed by atoms with Crippen LogP contribution in [0.25, 0.3) is 0 Å². The average molecular weight is 326 g/mol. The first kappa shape index (κ1) is 17.3. The van der Waals surface area contributed by atoms with E-state index in [-0.39, 0.29) is 11.4 Å². The van der Waals surface area contributed by atoms with Crippen LogP contribution in [-0.4, -0.2) is 21.4 Å². The number of nitrogens with one attached hydrogen (secondary N) is 1. The molecule has 120 valence electrons. The molecule has 0 heterocycles. The third-order valence-corrected chi connectivity index (χ3v) is 3.56. The molecule has 0 fully saturated rings. The molecule has 0 aliphatic carbocycles. The van der Waals surface area contributed by atoms with Crippen molar-refractivity contribution in [3.63, 3.8) is 0 Å². The first-order valence-electron chi connectivity index (χ1n) is 7.56. The molecule has 0 bridgehead atoms. The van der Waals surface area contributed by atoms with Crippen molar-refractivity contribution in [1.82, 2.24) is 10.4 Å². The lowest BCUT2D eigenvalue weighted by Gasteiger charge is -2.32. The zero-order chi connectivity index (χ0) is 17.0. The maximum Gasteiger partial charge on any atom is 0.273 e. The number of benzene rings is 2. The molecule has 0 aromatic heterocycles. The van der Waals surface area contributed by atoms with Gasteiger partial charge in [0.2, 0.25) is 0 Å². The Morgan fingerprint density at radius 2 is 1.61 bits per heavy atom. The quantitative estimate of drug-likeness (QED) is 0.680. The number of amides is 1. The average Bonchev–Trinajstić information content (AvgIpc) is 2.51. The lowest BCUT2D eigenvalue weighted by molar-refractivity contribution is 0.0743. The topological polar surface area (TPSA) is 32.3 Å². The van der Waals surface area contributed by atoms with Gasteiger partial charge in [0.15, 0.2) is 0 Å². The van der Waals surface area contributed by atoms with Gasteiger partial charge >= 0.3 is 0 Å². The molecule has 1 amide bonds. The zero-order valence-corrected chi connectivity index (χ0v) is 14.8. The molecular formula is C19H22N2OS. The smallest absolute Gasteiger partial charge is 0.267 e. The highest BCUT2D eigenvalue weighted by Crippen LogP contribution is 2.14. The summed E-state index contributed by atoms with van der Waals surface area (Å²) in [6, 6.07) is 17.1. The number of aryl methyl sites for hydroxylation is 1. The molecule has 0 unspecified atom stereocenters. The van der Waals surface area contributed by atoms with Gasteiger partial charge in [0.05, 0.1) is 0 Å². The number of carbonyl (C=O) groups excluding carboxylic acids is 1. The third kappa shape index (κ3) is 4.71. The first-order chi connectivity index (χ1) is 10.8. The summed E-state index contributed by atoms with van der Waals surface area (Å²) in [7, 11) is 0. The second-order valence-corrected chi connectivity index (χ2v) is 6.93. The molecular weight excluding hydrogens is 304 g/mol. The molecule has 23 heavy (non-hydrogen) atoms. The monoisotopic (exact) mass is 326 g/mol. The molecule has 0 saturated carbocycles. The van der Waals surface area contributed by atoms with E-state index in [1.807, 2.05) is 76.2 Å². The molecule has 0 aliphatic heterocycles. The molecule has 0 aliphatic rings. The van der Waals surface area contributed by atoms with Crippen LogP contribution in [0, 0.1) is 6.92 Å². The Balaban J connectivity index is 2.38. The summed E-state index contributed by atoms with van der Waals surface area (Å²) in [5.41, 5.74) is 5.41. The maximum absolute atomic E-state index is 13.0. The molecule has 3 nitrogen and oxygen atoms in total. The van der Waals surface area contributed by atoms with Crippen molar-refractivity contribution < 1.29 is 4.79 Å². The summed E-state index contributed by atoms with van der Waals surface area (Å²) in [5.74, 6) is -0.155. The van der Waals surface area contributed by atoms with Crippen LogP contribution in [0.3, 0.4) is 0 Å². The first-order valence-corrected chi connectivity index (χ1v) is 7.97. The molecule has 4 heteroatoms. The van der Waals surface area contributed by atoms with Crippen LogP contribution < -0.4 is 5.43 Å². The van der Waals surface area contributed by atoms with Gasteiger partial charge in [0.25, 0.3) is 5.91 Å². The van der Waals surface area contributed by atoms with Gasteiger partial charge in [-0.1, -0.05) is 60.2 Å². The predicted molar refractivity (Wildman–Crippen MR) is 98.4 cm³/mol. The molecule has 0 spiro atoms. The van der Waals surface area contributed by atoms with Crippen LogP contribution in [0.1, 0.15) is 42.3 Å². The minimum Gasteiger partial charge on any atom is -0.267 e. The van der Waals surface area contributed by atoms with E-state index in [2.05, 4.69) is 5.43 Å². The summed E-state index contributed by atoms with van der Waals surface area (Å²) in [4.78, 5) is 13.4. The molecule has 1 N–H and O–H groups in total. The van der Waals surface area contributed by atoms with Crippen molar-refractivity contribution in [3.05, 3.63) is 71.3 Å². The van der Waals surface area contributed by atoms with E-state index >= 15 is 0 Å². The lowest BCUT2D eigenvalue weighted by Crippen LogP contribution is -2.54. The van der Waals surface area contributed by atoms with Crippen LogP contribution in [0.4, 0.5) is 0 Å². The van der Waals surface area contributed by atoms with E-state index in [4.69, 9.17) is 12.2 Å². The highest BCUT2D eigenvalue weighted by molar-refractivity contribution is 7.80. The van der Waals surface area contributed by atoms with E-state index in [1.165, 1.54) is 5.01 Å². The Labute approximate surface area is 143 Å². The summed E-state index contributed by atoms with van der Waals surface area (Å²) in [6.07, 6.45) is 0. The van der Waals surface area contributed by atoms with Gasteiger partial charge < -0.3 is 0 Å². The zero-order valence-electron chi connectivity index (χ0n) is 14.0. The largest absolute Gasteiger partial charge is 0.273 e. The SMILES string of the molecule is Cc1cccc(C(=O)N(NC(C)(C)C)C(=S)c2ccccc2)c1. The fourth-order valence-electron chi connectivity index (χ4n) is 2.15. The van der Waals surface area contributed by atoms with Crippen molar-refractivity contribution in [2.75, 3.05) is 0 Å². The van der Waals surface area contributed by atoms with Crippen LogP contribution >= 0.6 is 12.2 Å². The van der Waals surface area contributed by atoms with Crippen molar-refractivity contribution >= 4 is 23.1 Å². The Morgan fingerprint density at radius 1 is 1.00 bits per heavy atom. The van der Waals surface area contributed by atoms with Crippen LogP contribution in [0.2, 0.25) is 0 Å². The van der Waals surface area contributed by atoms with Crippen molar-refractivity contribution in [1.29, 1.82) is 0 Å². The van der Waals surface area contributed by atoms with E-state index in [1.54, 1.807) is 6.07 Å².